The van der Waals surface area contributed by atoms with Crippen LogP contribution in [0.2, 0.25) is 0 Å². The molecule has 2 heterocycles. The highest BCUT2D eigenvalue weighted by Gasteiger charge is 2.15. The summed E-state index contributed by atoms with van der Waals surface area (Å²) in [5.74, 6) is 0.285. The van der Waals surface area contributed by atoms with E-state index in [9.17, 15) is 4.79 Å². The maximum Gasteiger partial charge on any atom is 0.257 e. The van der Waals surface area contributed by atoms with Crippen LogP contribution in [0.25, 0.3) is 0 Å². The van der Waals surface area contributed by atoms with Gasteiger partial charge in [0, 0.05) is 24.6 Å². The van der Waals surface area contributed by atoms with Crippen molar-refractivity contribution in [3.63, 3.8) is 0 Å². The molecule has 0 fully saturated rings. The Bertz CT molecular complexity index is 946. The lowest BCUT2D eigenvalue weighted by molar-refractivity contribution is 0.0879. The lowest BCUT2D eigenvalue weighted by atomic mass is 10.2. The number of carbonyl (C=O) groups is 1. The van der Waals surface area contributed by atoms with E-state index in [1.807, 2.05) is 49.6 Å². The Morgan fingerprint density at radius 1 is 1.17 bits per heavy atom. The van der Waals surface area contributed by atoms with Crippen molar-refractivity contribution in [2.75, 3.05) is 19.0 Å². The van der Waals surface area contributed by atoms with Crippen LogP contribution >= 0.6 is 11.3 Å². The summed E-state index contributed by atoms with van der Waals surface area (Å²) in [6.45, 7) is 4.46. The fourth-order valence-electron chi connectivity index (χ4n) is 2.53. The second-order valence-electron chi connectivity index (χ2n) is 6.44. The van der Waals surface area contributed by atoms with Crippen molar-refractivity contribution in [3.8, 4) is 11.8 Å². The smallest absolute Gasteiger partial charge is 0.257 e. The van der Waals surface area contributed by atoms with Gasteiger partial charge in [-0.05, 0) is 19.4 Å². The third kappa shape index (κ3) is 6.27. The number of anilines is 1. The summed E-state index contributed by atoms with van der Waals surface area (Å²) in [5.41, 5.74) is 2.22. The topological polar surface area (TPSA) is 82.6 Å². The molecule has 7 nitrogen and oxygen atoms in total. The summed E-state index contributed by atoms with van der Waals surface area (Å²) in [4.78, 5) is 21.3. The van der Waals surface area contributed by atoms with Crippen molar-refractivity contribution in [1.82, 2.24) is 9.97 Å². The van der Waals surface area contributed by atoms with Crippen molar-refractivity contribution in [3.05, 3.63) is 64.7 Å². The van der Waals surface area contributed by atoms with Gasteiger partial charge in [0.1, 0.15) is 12.7 Å². The summed E-state index contributed by atoms with van der Waals surface area (Å²) >= 11 is 1.37. The first-order chi connectivity index (χ1) is 14.0. The molecule has 1 N–H and O–H groups in total. The standard InChI is InChI=1S/C21H23N3O4S/c1-14-13-29-21(22-14)24-20(25)17-9-18(27-12-16-7-5-4-6-8-16)23-19(10-17)28-15(2)11-26-3/h4-10,13,15H,11-12H2,1-3H3,(H,22,24,25). The van der Waals surface area contributed by atoms with Crippen LogP contribution in [0, 0.1) is 6.92 Å². The fraction of sp³-hybridized carbons (Fsp3) is 0.286. The molecule has 2 aromatic heterocycles. The monoisotopic (exact) mass is 413 g/mol. The SMILES string of the molecule is COCC(C)Oc1cc(C(=O)Nc2nc(C)cs2)cc(OCc2ccccc2)n1. The third-order valence-electron chi connectivity index (χ3n) is 3.83. The molecular weight excluding hydrogens is 390 g/mol. The third-order valence-corrected chi connectivity index (χ3v) is 4.71. The van der Waals surface area contributed by atoms with Crippen LogP contribution in [0.3, 0.4) is 0 Å². The molecule has 0 bridgehead atoms. The van der Waals surface area contributed by atoms with E-state index in [1.165, 1.54) is 11.3 Å². The highest BCUT2D eigenvalue weighted by Crippen LogP contribution is 2.22. The first kappa shape index (κ1) is 20.8. The van der Waals surface area contributed by atoms with Gasteiger partial charge in [-0.3, -0.25) is 10.1 Å². The molecule has 152 valence electrons. The molecule has 0 radical (unpaired) electrons. The second-order valence-corrected chi connectivity index (χ2v) is 7.30. The van der Waals surface area contributed by atoms with Gasteiger partial charge in [0.05, 0.1) is 17.9 Å². The van der Waals surface area contributed by atoms with Crippen LogP contribution in [-0.2, 0) is 11.3 Å². The fourth-order valence-corrected chi connectivity index (χ4v) is 3.22. The summed E-state index contributed by atoms with van der Waals surface area (Å²) < 4.78 is 16.7. The number of aromatic nitrogens is 2. The van der Waals surface area contributed by atoms with Crippen molar-refractivity contribution in [2.24, 2.45) is 0 Å². The number of carbonyl (C=O) groups excluding carboxylic acids is 1. The lowest BCUT2D eigenvalue weighted by Gasteiger charge is -2.15. The maximum atomic E-state index is 12.7. The molecule has 1 atom stereocenters. The Balaban J connectivity index is 1.80. The van der Waals surface area contributed by atoms with Crippen molar-refractivity contribution >= 4 is 22.4 Å². The molecule has 0 aliphatic heterocycles. The number of hydrogen-bond donors (Lipinski definition) is 1. The van der Waals surface area contributed by atoms with E-state index in [2.05, 4.69) is 15.3 Å². The number of ether oxygens (including phenoxy) is 3. The zero-order chi connectivity index (χ0) is 20.6. The molecule has 0 spiro atoms. The number of hydrogen-bond acceptors (Lipinski definition) is 7. The van der Waals surface area contributed by atoms with Crippen LogP contribution in [0.1, 0.15) is 28.5 Å². The van der Waals surface area contributed by atoms with E-state index >= 15 is 0 Å². The summed E-state index contributed by atoms with van der Waals surface area (Å²) in [7, 11) is 1.60. The predicted molar refractivity (Wildman–Crippen MR) is 112 cm³/mol. The molecule has 0 aliphatic carbocycles. The number of rotatable bonds is 9. The average molecular weight is 413 g/mol. The van der Waals surface area contributed by atoms with Crippen LogP contribution in [0.4, 0.5) is 5.13 Å². The quantitative estimate of drug-likeness (QED) is 0.569. The number of aryl methyl sites for hydroxylation is 1. The van der Waals surface area contributed by atoms with Gasteiger partial charge in [0.15, 0.2) is 5.13 Å². The van der Waals surface area contributed by atoms with Gasteiger partial charge in [-0.1, -0.05) is 30.3 Å². The number of benzene rings is 1. The number of nitrogens with one attached hydrogen (secondary N) is 1. The first-order valence-electron chi connectivity index (χ1n) is 9.11. The molecule has 3 rings (SSSR count). The number of amides is 1. The van der Waals surface area contributed by atoms with Gasteiger partial charge in [0.2, 0.25) is 11.8 Å². The second kappa shape index (κ2) is 9.99. The van der Waals surface area contributed by atoms with E-state index in [0.29, 0.717) is 35.7 Å². The summed E-state index contributed by atoms with van der Waals surface area (Å²) in [5, 5.41) is 5.20. The Hall–Kier alpha value is -2.97. The van der Waals surface area contributed by atoms with E-state index in [4.69, 9.17) is 14.2 Å². The number of methoxy groups -OCH3 is 1. The minimum absolute atomic E-state index is 0.227. The Kier molecular flexibility index (Phi) is 7.15. The molecule has 1 amide bonds. The largest absolute Gasteiger partial charge is 0.473 e. The number of nitrogens with zero attached hydrogens (tertiary/aromatic N) is 2. The number of thiazole rings is 1. The normalized spacial score (nSPS) is 11.7. The molecular formula is C21H23N3O4S. The van der Waals surface area contributed by atoms with Gasteiger partial charge < -0.3 is 14.2 Å². The van der Waals surface area contributed by atoms with Crippen LogP contribution in [0.5, 0.6) is 11.8 Å². The molecule has 1 unspecified atom stereocenters. The Morgan fingerprint density at radius 2 is 1.93 bits per heavy atom. The molecule has 0 saturated carbocycles. The van der Waals surface area contributed by atoms with Crippen molar-refractivity contribution in [2.45, 2.75) is 26.6 Å². The van der Waals surface area contributed by atoms with Gasteiger partial charge >= 0.3 is 0 Å². The molecule has 0 saturated heterocycles. The molecule has 1 aromatic carbocycles. The molecule has 3 aromatic rings. The van der Waals surface area contributed by atoms with E-state index in [-0.39, 0.29) is 12.0 Å². The molecule has 0 aliphatic rings. The van der Waals surface area contributed by atoms with Crippen molar-refractivity contribution in [1.29, 1.82) is 0 Å². The Labute approximate surface area is 173 Å². The highest BCUT2D eigenvalue weighted by molar-refractivity contribution is 7.13. The van der Waals surface area contributed by atoms with Crippen LogP contribution < -0.4 is 14.8 Å². The summed E-state index contributed by atoms with van der Waals surface area (Å²) in [6.07, 6.45) is -0.227. The average Bonchev–Trinajstić information content (AvgIpc) is 3.11. The lowest BCUT2D eigenvalue weighted by Crippen LogP contribution is -2.19. The van der Waals surface area contributed by atoms with Gasteiger partial charge in [0.25, 0.3) is 5.91 Å². The minimum Gasteiger partial charge on any atom is -0.473 e. The molecule has 29 heavy (non-hydrogen) atoms. The zero-order valence-electron chi connectivity index (χ0n) is 16.5. The first-order valence-corrected chi connectivity index (χ1v) is 9.99. The Morgan fingerprint density at radius 3 is 2.62 bits per heavy atom. The highest BCUT2D eigenvalue weighted by atomic mass is 32.1. The van der Waals surface area contributed by atoms with Gasteiger partial charge in [-0.25, -0.2) is 4.98 Å². The van der Waals surface area contributed by atoms with Crippen LogP contribution in [-0.4, -0.2) is 35.7 Å². The minimum atomic E-state index is -0.310. The van der Waals surface area contributed by atoms with Crippen molar-refractivity contribution < 1.29 is 19.0 Å². The van der Waals surface area contributed by atoms with E-state index in [0.717, 1.165) is 11.3 Å². The van der Waals surface area contributed by atoms with Gasteiger partial charge in [-0.2, -0.15) is 4.98 Å². The van der Waals surface area contributed by atoms with Gasteiger partial charge in [-0.15, -0.1) is 11.3 Å². The number of pyridine rings is 1. The zero-order valence-corrected chi connectivity index (χ0v) is 17.4. The summed E-state index contributed by atoms with van der Waals surface area (Å²) in [6, 6.07) is 12.9. The molecule has 8 heteroatoms. The predicted octanol–water partition coefficient (Wildman–Crippen LogP) is 4.09. The van der Waals surface area contributed by atoms with E-state index in [1.54, 1.807) is 19.2 Å². The maximum absolute atomic E-state index is 12.7. The van der Waals surface area contributed by atoms with E-state index < -0.39 is 0 Å². The van der Waals surface area contributed by atoms with Crippen LogP contribution in [0.15, 0.2) is 47.8 Å².